The van der Waals surface area contributed by atoms with Gasteiger partial charge in [-0.25, -0.2) is 4.98 Å². The summed E-state index contributed by atoms with van der Waals surface area (Å²) >= 11 is 1.48. The predicted molar refractivity (Wildman–Crippen MR) is 92.9 cm³/mol. The minimum atomic E-state index is -0.162. The van der Waals surface area contributed by atoms with Gasteiger partial charge in [0.05, 0.1) is 5.56 Å². The molecule has 0 saturated heterocycles. The van der Waals surface area contributed by atoms with E-state index in [-0.39, 0.29) is 18.4 Å². The van der Waals surface area contributed by atoms with Crippen molar-refractivity contribution in [1.29, 1.82) is 0 Å². The first-order chi connectivity index (χ1) is 11.0. The minimum Gasteiger partial charge on any atom is -0.396 e. The van der Waals surface area contributed by atoms with Crippen molar-refractivity contribution >= 4 is 17.7 Å². The van der Waals surface area contributed by atoms with E-state index < -0.39 is 0 Å². The highest BCUT2D eigenvalue weighted by molar-refractivity contribution is 7.99. The molecule has 2 aromatic rings. The molecule has 0 aliphatic rings. The largest absolute Gasteiger partial charge is 0.396 e. The first kappa shape index (κ1) is 17.5. The molecule has 1 amide bonds. The number of carbonyl (C=O) groups is 1. The van der Waals surface area contributed by atoms with Crippen LogP contribution in [-0.4, -0.2) is 29.1 Å². The summed E-state index contributed by atoms with van der Waals surface area (Å²) < 4.78 is 0. The second-order valence-corrected chi connectivity index (χ2v) is 6.76. The van der Waals surface area contributed by atoms with Crippen LogP contribution in [0.3, 0.4) is 0 Å². The average molecular weight is 330 g/mol. The summed E-state index contributed by atoms with van der Waals surface area (Å²) in [5, 5.41) is 12.6. The Morgan fingerprint density at radius 2 is 2.09 bits per heavy atom. The molecular formula is C18H22N2O2S. The summed E-state index contributed by atoms with van der Waals surface area (Å²) in [4.78, 5) is 17.8. The Kier molecular flexibility index (Phi) is 6.19. The van der Waals surface area contributed by atoms with Crippen LogP contribution < -0.4 is 5.32 Å². The maximum atomic E-state index is 12.4. The smallest absolute Gasteiger partial charge is 0.254 e. The van der Waals surface area contributed by atoms with Crippen molar-refractivity contribution in [1.82, 2.24) is 10.3 Å². The zero-order valence-electron chi connectivity index (χ0n) is 13.7. The van der Waals surface area contributed by atoms with Crippen molar-refractivity contribution in [2.45, 2.75) is 30.7 Å². The van der Waals surface area contributed by atoms with Crippen molar-refractivity contribution in [2.75, 3.05) is 13.2 Å². The monoisotopic (exact) mass is 330 g/mol. The highest BCUT2D eigenvalue weighted by Crippen LogP contribution is 2.29. The number of amides is 1. The van der Waals surface area contributed by atoms with Crippen LogP contribution >= 0.6 is 11.8 Å². The number of nitrogens with zero attached hydrogens (tertiary/aromatic N) is 1. The molecule has 2 rings (SSSR count). The van der Waals surface area contributed by atoms with Gasteiger partial charge in [0, 0.05) is 24.2 Å². The Labute approximate surface area is 141 Å². The number of pyridine rings is 1. The van der Waals surface area contributed by atoms with Crippen molar-refractivity contribution in [3.63, 3.8) is 0 Å². The molecule has 4 nitrogen and oxygen atoms in total. The molecule has 1 heterocycles. The van der Waals surface area contributed by atoms with E-state index >= 15 is 0 Å². The predicted octanol–water partition coefficient (Wildman–Crippen LogP) is 3.21. The van der Waals surface area contributed by atoms with Gasteiger partial charge >= 0.3 is 0 Å². The topological polar surface area (TPSA) is 62.2 Å². The lowest BCUT2D eigenvalue weighted by atomic mass is 10.1. The van der Waals surface area contributed by atoms with Gasteiger partial charge in [0.25, 0.3) is 5.91 Å². The van der Waals surface area contributed by atoms with Gasteiger partial charge in [-0.1, -0.05) is 24.8 Å². The van der Waals surface area contributed by atoms with Crippen molar-refractivity contribution in [3.05, 3.63) is 53.2 Å². The third-order valence-electron chi connectivity index (χ3n) is 3.63. The average Bonchev–Trinajstić information content (AvgIpc) is 2.56. The number of nitrogens with one attached hydrogen (secondary N) is 1. The standard InChI is InChI=1S/C18H22N2O2S/c1-12(11-21)10-20-17(22)16-5-4-8-19-18(16)23-15-7-6-13(2)14(3)9-15/h4-9,12,21H,10-11H2,1-3H3,(H,20,22). The number of hydrogen-bond acceptors (Lipinski definition) is 4. The Hall–Kier alpha value is -1.85. The van der Waals surface area contributed by atoms with E-state index in [0.717, 1.165) is 4.90 Å². The normalized spacial score (nSPS) is 12.0. The van der Waals surface area contributed by atoms with Gasteiger partial charge in [0.1, 0.15) is 5.03 Å². The molecule has 0 aliphatic heterocycles. The van der Waals surface area contributed by atoms with Gasteiger partial charge < -0.3 is 10.4 Å². The molecule has 1 atom stereocenters. The molecule has 1 unspecified atom stereocenters. The number of aryl methyl sites for hydroxylation is 2. The molecule has 0 radical (unpaired) electrons. The van der Waals surface area contributed by atoms with Crippen LogP contribution in [0.5, 0.6) is 0 Å². The van der Waals surface area contributed by atoms with Crippen LogP contribution in [0.25, 0.3) is 0 Å². The molecule has 0 aliphatic carbocycles. The van der Waals surface area contributed by atoms with Crippen molar-refractivity contribution in [2.24, 2.45) is 5.92 Å². The zero-order chi connectivity index (χ0) is 16.8. The molecule has 1 aromatic carbocycles. The van der Waals surface area contributed by atoms with Crippen LogP contribution in [0.2, 0.25) is 0 Å². The molecule has 5 heteroatoms. The SMILES string of the molecule is Cc1ccc(Sc2ncccc2C(=O)NCC(C)CO)cc1C. The highest BCUT2D eigenvalue weighted by atomic mass is 32.2. The number of hydrogen-bond donors (Lipinski definition) is 2. The van der Waals surface area contributed by atoms with Gasteiger partial charge in [-0.15, -0.1) is 0 Å². The fraction of sp³-hybridized carbons (Fsp3) is 0.333. The van der Waals surface area contributed by atoms with Crippen molar-refractivity contribution < 1.29 is 9.90 Å². The van der Waals surface area contributed by atoms with Gasteiger partial charge in [-0.05, 0) is 55.2 Å². The molecule has 1 aromatic heterocycles. The first-order valence-corrected chi connectivity index (χ1v) is 8.42. The lowest BCUT2D eigenvalue weighted by molar-refractivity contribution is 0.0938. The first-order valence-electron chi connectivity index (χ1n) is 7.60. The van der Waals surface area contributed by atoms with Crippen LogP contribution in [0.15, 0.2) is 46.5 Å². The quantitative estimate of drug-likeness (QED) is 0.854. The third kappa shape index (κ3) is 4.81. The van der Waals surface area contributed by atoms with E-state index in [1.165, 1.54) is 22.9 Å². The molecule has 122 valence electrons. The van der Waals surface area contributed by atoms with Crippen LogP contribution in [0.4, 0.5) is 0 Å². The number of aliphatic hydroxyl groups excluding tert-OH is 1. The Bertz CT molecular complexity index is 688. The Morgan fingerprint density at radius 1 is 1.30 bits per heavy atom. The van der Waals surface area contributed by atoms with E-state index in [0.29, 0.717) is 17.1 Å². The molecule has 23 heavy (non-hydrogen) atoms. The van der Waals surface area contributed by atoms with Crippen LogP contribution in [0, 0.1) is 19.8 Å². The van der Waals surface area contributed by atoms with E-state index in [9.17, 15) is 4.79 Å². The summed E-state index contributed by atoms with van der Waals surface area (Å²) in [6.45, 7) is 6.53. The van der Waals surface area contributed by atoms with E-state index in [4.69, 9.17) is 5.11 Å². The molecular weight excluding hydrogens is 308 g/mol. The molecule has 0 spiro atoms. The van der Waals surface area contributed by atoms with E-state index in [2.05, 4.69) is 36.3 Å². The second kappa shape index (κ2) is 8.13. The second-order valence-electron chi connectivity index (χ2n) is 5.70. The maximum Gasteiger partial charge on any atom is 0.254 e. The number of carbonyl (C=O) groups excluding carboxylic acids is 1. The summed E-state index contributed by atoms with van der Waals surface area (Å²) in [7, 11) is 0. The van der Waals surface area contributed by atoms with E-state index in [1.54, 1.807) is 18.3 Å². The maximum absolute atomic E-state index is 12.4. The lowest BCUT2D eigenvalue weighted by Crippen LogP contribution is -2.30. The zero-order valence-corrected chi connectivity index (χ0v) is 14.5. The summed E-state index contributed by atoms with van der Waals surface area (Å²) in [5.41, 5.74) is 3.01. The van der Waals surface area contributed by atoms with Gasteiger partial charge in [0.15, 0.2) is 0 Å². The fourth-order valence-corrected chi connectivity index (χ4v) is 2.94. The lowest BCUT2D eigenvalue weighted by Gasteiger charge is -2.12. The third-order valence-corrected chi connectivity index (χ3v) is 4.64. The van der Waals surface area contributed by atoms with Crippen molar-refractivity contribution in [3.8, 4) is 0 Å². The molecule has 0 bridgehead atoms. The molecule has 2 N–H and O–H groups in total. The number of aliphatic hydroxyl groups is 1. The van der Waals surface area contributed by atoms with Gasteiger partial charge in [-0.2, -0.15) is 0 Å². The van der Waals surface area contributed by atoms with E-state index in [1.807, 2.05) is 13.0 Å². The van der Waals surface area contributed by atoms with Crippen LogP contribution in [-0.2, 0) is 0 Å². The minimum absolute atomic E-state index is 0.0338. The molecule has 0 saturated carbocycles. The highest BCUT2D eigenvalue weighted by Gasteiger charge is 2.14. The Morgan fingerprint density at radius 3 is 2.78 bits per heavy atom. The summed E-state index contributed by atoms with van der Waals surface area (Å²) in [6.07, 6.45) is 1.69. The Balaban J connectivity index is 2.16. The molecule has 0 fully saturated rings. The summed E-state index contributed by atoms with van der Waals surface area (Å²) in [5.74, 6) is -0.129. The summed E-state index contributed by atoms with van der Waals surface area (Å²) in [6, 6.07) is 9.74. The number of benzene rings is 1. The fourth-order valence-electron chi connectivity index (χ4n) is 1.96. The van der Waals surface area contributed by atoms with Gasteiger partial charge in [-0.3, -0.25) is 4.79 Å². The van der Waals surface area contributed by atoms with Crippen LogP contribution in [0.1, 0.15) is 28.4 Å². The number of aromatic nitrogens is 1. The number of rotatable bonds is 6. The van der Waals surface area contributed by atoms with Gasteiger partial charge in [0.2, 0.25) is 0 Å².